The van der Waals surface area contributed by atoms with Crippen LogP contribution in [0.1, 0.15) is 32.4 Å². The van der Waals surface area contributed by atoms with Gasteiger partial charge in [0.2, 0.25) is 0 Å². The summed E-state index contributed by atoms with van der Waals surface area (Å²) < 4.78 is 0. The van der Waals surface area contributed by atoms with E-state index in [2.05, 4.69) is 0 Å². The zero-order chi connectivity index (χ0) is 11.6. The average molecular weight is 228 g/mol. The minimum Gasteiger partial charge on any atom is -0.391 e. The molecule has 0 heterocycles. The minimum atomic E-state index is -0.614. The van der Waals surface area contributed by atoms with Crippen LogP contribution in [0, 0.1) is 5.41 Å². The first kappa shape index (κ1) is 12.5. The van der Waals surface area contributed by atoms with Crippen LogP contribution in [0.3, 0.4) is 0 Å². The number of rotatable bonds is 2. The molecule has 0 unspecified atom stereocenters. The SMILES string of the molecule is CC(C)(C)[C@@H](O)[C@@H](N)c1ccccc1Cl. The van der Waals surface area contributed by atoms with Crippen molar-refractivity contribution < 1.29 is 5.11 Å². The molecule has 0 radical (unpaired) electrons. The second kappa shape index (κ2) is 4.52. The van der Waals surface area contributed by atoms with Gasteiger partial charge in [0.15, 0.2) is 0 Å². The minimum absolute atomic E-state index is 0.251. The second-order valence-electron chi connectivity index (χ2n) is 4.86. The second-order valence-corrected chi connectivity index (χ2v) is 5.27. The van der Waals surface area contributed by atoms with Crippen LogP contribution >= 0.6 is 11.6 Å². The fourth-order valence-electron chi connectivity index (χ4n) is 1.45. The fraction of sp³-hybridized carbons (Fsp3) is 0.500. The number of nitrogens with two attached hydrogens (primary N) is 1. The van der Waals surface area contributed by atoms with Crippen molar-refractivity contribution in [1.29, 1.82) is 0 Å². The third kappa shape index (κ3) is 2.94. The number of benzene rings is 1. The van der Waals surface area contributed by atoms with Crippen molar-refractivity contribution >= 4 is 11.6 Å². The predicted molar refractivity (Wildman–Crippen MR) is 63.8 cm³/mol. The van der Waals surface area contributed by atoms with Crippen molar-refractivity contribution in [2.45, 2.75) is 32.9 Å². The molecule has 0 fully saturated rings. The van der Waals surface area contributed by atoms with E-state index in [1.54, 1.807) is 6.07 Å². The summed E-state index contributed by atoms with van der Waals surface area (Å²) in [5.74, 6) is 0. The Hall–Kier alpha value is -0.570. The molecule has 0 saturated carbocycles. The molecule has 1 rings (SSSR count). The Labute approximate surface area is 96.1 Å². The zero-order valence-corrected chi connectivity index (χ0v) is 10.1. The first-order valence-corrected chi connectivity index (χ1v) is 5.40. The van der Waals surface area contributed by atoms with Crippen LogP contribution in [0.25, 0.3) is 0 Å². The van der Waals surface area contributed by atoms with E-state index >= 15 is 0 Å². The highest BCUT2D eigenvalue weighted by Crippen LogP contribution is 2.31. The van der Waals surface area contributed by atoms with Crippen molar-refractivity contribution in [2.75, 3.05) is 0 Å². The van der Waals surface area contributed by atoms with Crippen LogP contribution in [-0.2, 0) is 0 Å². The van der Waals surface area contributed by atoms with Crippen LogP contribution in [0.5, 0.6) is 0 Å². The van der Waals surface area contributed by atoms with Gasteiger partial charge in [0.25, 0.3) is 0 Å². The Morgan fingerprint density at radius 1 is 1.27 bits per heavy atom. The smallest absolute Gasteiger partial charge is 0.0781 e. The zero-order valence-electron chi connectivity index (χ0n) is 9.37. The first-order valence-electron chi connectivity index (χ1n) is 5.02. The van der Waals surface area contributed by atoms with Crippen molar-refractivity contribution in [1.82, 2.24) is 0 Å². The van der Waals surface area contributed by atoms with Gasteiger partial charge in [-0.2, -0.15) is 0 Å². The lowest BCUT2D eigenvalue weighted by Gasteiger charge is -2.31. The van der Waals surface area contributed by atoms with Crippen LogP contribution in [-0.4, -0.2) is 11.2 Å². The van der Waals surface area contributed by atoms with Crippen LogP contribution in [0.4, 0.5) is 0 Å². The van der Waals surface area contributed by atoms with Gasteiger partial charge in [0.1, 0.15) is 0 Å². The van der Waals surface area contributed by atoms with Gasteiger partial charge in [-0.1, -0.05) is 50.6 Å². The normalized spacial score (nSPS) is 16.1. The number of hydrogen-bond acceptors (Lipinski definition) is 2. The van der Waals surface area contributed by atoms with Gasteiger partial charge in [-0.25, -0.2) is 0 Å². The Morgan fingerprint density at radius 2 is 1.80 bits per heavy atom. The topological polar surface area (TPSA) is 46.2 Å². The summed E-state index contributed by atoms with van der Waals surface area (Å²) in [7, 11) is 0. The largest absolute Gasteiger partial charge is 0.391 e. The first-order chi connectivity index (χ1) is 6.84. The van der Waals surface area contributed by atoms with E-state index in [0.29, 0.717) is 5.02 Å². The van der Waals surface area contributed by atoms with Gasteiger partial charge in [-0.3, -0.25) is 0 Å². The molecule has 3 N–H and O–H groups in total. The highest BCUT2D eigenvalue weighted by atomic mass is 35.5. The lowest BCUT2D eigenvalue weighted by molar-refractivity contribution is 0.0401. The maximum absolute atomic E-state index is 10.0. The molecule has 0 aliphatic rings. The molecule has 15 heavy (non-hydrogen) atoms. The Bertz CT molecular complexity index is 333. The van der Waals surface area contributed by atoms with Crippen LogP contribution in [0.15, 0.2) is 24.3 Å². The number of halogens is 1. The van der Waals surface area contributed by atoms with Crippen LogP contribution in [0.2, 0.25) is 5.02 Å². The third-order valence-corrected chi connectivity index (χ3v) is 2.84. The van der Waals surface area contributed by atoms with Gasteiger partial charge >= 0.3 is 0 Å². The summed E-state index contributed by atoms with van der Waals surface area (Å²) in [6, 6.07) is 6.91. The molecule has 1 aromatic rings. The van der Waals surface area contributed by atoms with E-state index in [1.807, 2.05) is 39.0 Å². The summed E-state index contributed by atoms with van der Waals surface area (Å²) in [5.41, 5.74) is 6.53. The molecule has 2 nitrogen and oxygen atoms in total. The average Bonchev–Trinajstić information content (AvgIpc) is 2.15. The summed E-state index contributed by atoms with van der Waals surface area (Å²) in [6.45, 7) is 5.86. The van der Waals surface area contributed by atoms with E-state index in [9.17, 15) is 5.11 Å². The van der Waals surface area contributed by atoms with Gasteiger partial charge in [0.05, 0.1) is 12.1 Å². The molecule has 84 valence electrons. The molecule has 2 atom stereocenters. The maximum atomic E-state index is 10.0. The van der Waals surface area contributed by atoms with Crippen LogP contribution < -0.4 is 5.73 Å². The molecule has 3 heteroatoms. The maximum Gasteiger partial charge on any atom is 0.0781 e. The van der Waals surface area contributed by atoms with Crippen molar-refractivity contribution in [2.24, 2.45) is 11.1 Å². The molecule has 0 aliphatic carbocycles. The predicted octanol–water partition coefficient (Wildman–Crippen LogP) is 2.75. The molecular formula is C12H18ClNO. The Balaban J connectivity index is 2.95. The lowest BCUT2D eigenvalue weighted by Crippen LogP contribution is -2.37. The van der Waals surface area contributed by atoms with Gasteiger partial charge in [0, 0.05) is 5.02 Å². The van der Waals surface area contributed by atoms with Gasteiger partial charge < -0.3 is 10.8 Å². The van der Waals surface area contributed by atoms with E-state index < -0.39 is 12.1 Å². The molecule has 0 bridgehead atoms. The summed E-state index contributed by atoms with van der Waals surface area (Å²) in [5, 5.41) is 10.7. The lowest BCUT2D eigenvalue weighted by atomic mass is 9.82. The number of aliphatic hydroxyl groups is 1. The van der Waals surface area contributed by atoms with E-state index in [1.165, 1.54) is 0 Å². The summed E-state index contributed by atoms with van der Waals surface area (Å²) in [4.78, 5) is 0. The van der Waals surface area contributed by atoms with E-state index in [-0.39, 0.29) is 5.41 Å². The van der Waals surface area contributed by atoms with Gasteiger partial charge in [-0.15, -0.1) is 0 Å². The van der Waals surface area contributed by atoms with E-state index in [0.717, 1.165) is 5.56 Å². The Morgan fingerprint density at radius 3 is 2.27 bits per heavy atom. The summed E-state index contributed by atoms with van der Waals surface area (Å²) >= 11 is 6.02. The van der Waals surface area contributed by atoms with Crippen molar-refractivity contribution in [3.63, 3.8) is 0 Å². The molecule has 0 spiro atoms. The molecular weight excluding hydrogens is 210 g/mol. The standard InChI is InChI=1S/C12H18ClNO/c1-12(2,3)11(15)10(14)8-6-4-5-7-9(8)13/h4-7,10-11,15H,14H2,1-3H3/t10-,11-/m0/s1. The number of hydrogen-bond donors (Lipinski definition) is 2. The monoisotopic (exact) mass is 227 g/mol. The van der Waals surface area contributed by atoms with Gasteiger partial charge in [-0.05, 0) is 17.0 Å². The molecule has 0 saturated heterocycles. The molecule has 0 amide bonds. The third-order valence-electron chi connectivity index (χ3n) is 2.49. The Kier molecular flexibility index (Phi) is 3.77. The highest BCUT2D eigenvalue weighted by molar-refractivity contribution is 6.31. The molecule has 0 aliphatic heterocycles. The van der Waals surface area contributed by atoms with Crippen molar-refractivity contribution in [3.8, 4) is 0 Å². The van der Waals surface area contributed by atoms with Crippen molar-refractivity contribution in [3.05, 3.63) is 34.9 Å². The quantitative estimate of drug-likeness (QED) is 0.816. The molecule has 1 aromatic carbocycles. The van der Waals surface area contributed by atoms with E-state index in [4.69, 9.17) is 17.3 Å². The molecule has 0 aromatic heterocycles. The highest BCUT2D eigenvalue weighted by Gasteiger charge is 2.29. The summed E-state index contributed by atoms with van der Waals surface area (Å²) in [6.07, 6.45) is -0.614. The number of aliphatic hydroxyl groups excluding tert-OH is 1. The fourth-order valence-corrected chi connectivity index (χ4v) is 1.72.